The molecule has 0 aromatic carbocycles. The van der Waals surface area contributed by atoms with Crippen molar-refractivity contribution in [3.63, 3.8) is 0 Å². The van der Waals surface area contributed by atoms with Crippen molar-refractivity contribution in [2.75, 3.05) is 12.3 Å². The van der Waals surface area contributed by atoms with E-state index in [0.717, 1.165) is 0 Å². The van der Waals surface area contributed by atoms with Crippen LogP contribution in [0.5, 0.6) is 0 Å². The van der Waals surface area contributed by atoms with Crippen LogP contribution in [0.3, 0.4) is 0 Å². The molecule has 0 aliphatic rings. The Bertz CT molecular complexity index is 162. The van der Waals surface area contributed by atoms with E-state index in [2.05, 4.69) is 17.9 Å². The van der Waals surface area contributed by atoms with E-state index >= 15 is 0 Å². The van der Waals surface area contributed by atoms with Crippen LogP contribution in [0.2, 0.25) is 0 Å². The Kier molecular flexibility index (Phi) is 4.64. The highest BCUT2D eigenvalue weighted by molar-refractivity contribution is 7.80. The number of carboxylic acids is 1. The molecule has 0 aromatic heterocycles. The van der Waals surface area contributed by atoms with E-state index in [1.807, 2.05) is 0 Å². The molecule has 0 radical (unpaired) electrons. The number of nitrogens with two attached hydrogens (primary N) is 1. The highest BCUT2D eigenvalue weighted by Crippen LogP contribution is 1.86. The zero-order chi connectivity index (χ0) is 8.85. The molecule has 0 unspecified atom stereocenters. The van der Waals surface area contributed by atoms with E-state index in [1.165, 1.54) is 0 Å². The first-order chi connectivity index (χ1) is 5.07. The molecule has 64 valence electrons. The van der Waals surface area contributed by atoms with Crippen LogP contribution in [0.15, 0.2) is 0 Å². The molecule has 0 spiro atoms. The van der Waals surface area contributed by atoms with Crippen LogP contribution in [0, 0.1) is 0 Å². The SMILES string of the molecule is NC(=O)CN[C@H](CS)C(=O)O. The van der Waals surface area contributed by atoms with Gasteiger partial charge in [0.05, 0.1) is 6.54 Å². The van der Waals surface area contributed by atoms with Crippen molar-refractivity contribution < 1.29 is 14.7 Å². The number of carbonyl (C=O) groups excluding carboxylic acids is 1. The number of aliphatic carboxylic acids is 1. The lowest BCUT2D eigenvalue weighted by Crippen LogP contribution is -2.42. The van der Waals surface area contributed by atoms with Crippen LogP contribution in [0.1, 0.15) is 0 Å². The minimum absolute atomic E-state index is 0.128. The Labute approximate surface area is 69.4 Å². The predicted molar refractivity (Wildman–Crippen MR) is 42.5 cm³/mol. The van der Waals surface area contributed by atoms with Crippen molar-refractivity contribution in [1.29, 1.82) is 0 Å². The summed E-state index contributed by atoms with van der Waals surface area (Å²) < 4.78 is 0. The second kappa shape index (κ2) is 4.97. The first kappa shape index (κ1) is 10.2. The van der Waals surface area contributed by atoms with Gasteiger partial charge in [-0.2, -0.15) is 12.6 Å². The van der Waals surface area contributed by atoms with E-state index in [0.29, 0.717) is 0 Å². The fourth-order valence-electron chi connectivity index (χ4n) is 0.454. The van der Waals surface area contributed by atoms with Crippen molar-refractivity contribution in [3.8, 4) is 0 Å². The molecule has 4 N–H and O–H groups in total. The average Bonchev–Trinajstić information content (AvgIpc) is 1.87. The first-order valence-electron chi connectivity index (χ1n) is 2.93. The smallest absolute Gasteiger partial charge is 0.321 e. The number of rotatable bonds is 5. The Morgan fingerprint density at radius 2 is 2.18 bits per heavy atom. The molecule has 0 saturated heterocycles. The lowest BCUT2D eigenvalue weighted by atomic mass is 10.3. The molecule has 0 fully saturated rings. The molecule has 1 amide bonds. The average molecular weight is 178 g/mol. The van der Waals surface area contributed by atoms with E-state index in [1.54, 1.807) is 0 Å². The highest BCUT2D eigenvalue weighted by Gasteiger charge is 2.14. The number of hydrogen-bond donors (Lipinski definition) is 4. The Hall–Kier alpha value is -0.750. The van der Waals surface area contributed by atoms with Crippen LogP contribution < -0.4 is 11.1 Å². The third-order valence-electron chi connectivity index (χ3n) is 1.00. The predicted octanol–water partition coefficient (Wildman–Crippen LogP) is -1.56. The molecular weight excluding hydrogens is 168 g/mol. The van der Waals surface area contributed by atoms with Crippen molar-refractivity contribution in [2.45, 2.75) is 6.04 Å². The largest absolute Gasteiger partial charge is 0.480 e. The fourth-order valence-corrected chi connectivity index (χ4v) is 0.739. The van der Waals surface area contributed by atoms with Gasteiger partial charge in [0.2, 0.25) is 5.91 Å². The van der Waals surface area contributed by atoms with Crippen molar-refractivity contribution in [1.82, 2.24) is 5.32 Å². The number of carbonyl (C=O) groups is 2. The van der Waals surface area contributed by atoms with Gasteiger partial charge in [-0.1, -0.05) is 0 Å². The second-order valence-corrected chi connectivity index (χ2v) is 2.29. The maximum atomic E-state index is 10.3. The molecule has 0 aromatic rings. The van der Waals surface area contributed by atoms with Crippen molar-refractivity contribution in [3.05, 3.63) is 0 Å². The highest BCUT2D eigenvalue weighted by atomic mass is 32.1. The molecule has 0 heterocycles. The maximum absolute atomic E-state index is 10.3. The van der Waals surface area contributed by atoms with E-state index in [-0.39, 0.29) is 12.3 Å². The monoisotopic (exact) mass is 178 g/mol. The Balaban J connectivity index is 3.70. The van der Waals surface area contributed by atoms with Crippen molar-refractivity contribution >= 4 is 24.5 Å². The van der Waals surface area contributed by atoms with Gasteiger partial charge < -0.3 is 10.8 Å². The second-order valence-electron chi connectivity index (χ2n) is 1.92. The first-order valence-corrected chi connectivity index (χ1v) is 3.56. The number of amides is 1. The quantitative estimate of drug-likeness (QED) is 0.383. The number of hydrogen-bond acceptors (Lipinski definition) is 4. The summed E-state index contributed by atoms with van der Waals surface area (Å²) in [5, 5.41) is 10.8. The van der Waals surface area contributed by atoms with Crippen LogP contribution in [0.4, 0.5) is 0 Å². The van der Waals surface area contributed by atoms with Gasteiger partial charge in [0, 0.05) is 5.75 Å². The van der Waals surface area contributed by atoms with Crippen LogP contribution in [-0.4, -0.2) is 35.3 Å². The number of primary amides is 1. The van der Waals surface area contributed by atoms with Crippen LogP contribution in [-0.2, 0) is 9.59 Å². The number of thiol groups is 1. The zero-order valence-corrected chi connectivity index (χ0v) is 6.67. The third kappa shape index (κ3) is 4.63. The summed E-state index contributed by atoms with van der Waals surface area (Å²) in [5.74, 6) is -1.50. The normalized spacial score (nSPS) is 12.5. The van der Waals surface area contributed by atoms with E-state index < -0.39 is 17.9 Å². The number of nitrogens with one attached hydrogen (secondary N) is 1. The molecule has 0 bridgehead atoms. The van der Waals surface area contributed by atoms with Gasteiger partial charge in [0.15, 0.2) is 0 Å². The van der Waals surface area contributed by atoms with E-state index in [4.69, 9.17) is 10.8 Å². The topological polar surface area (TPSA) is 92.4 Å². The summed E-state index contributed by atoms with van der Waals surface area (Å²) >= 11 is 3.76. The molecule has 6 heteroatoms. The van der Waals surface area contributed by atoms with Gasteiger partial charge in [-0.05, 0) is 0 Å². The van der Waals surface area contributed by atoms with E-state index in [9.17, 15) is 9.59 Å². The van der Waals surface area contributed by atoms with Crippen LogP contribution >= 0.6 is 12.6 Å². The van der Waals surface area contributed by atoms with Gasteiger partial charge in [0.1, 0.15) is 6.04 Å². The molecule has 0 saturated carbocycles. The molecule has 1 atom stereocenters. The lowest BCUT2D eigenvalue weighted by molar-refractivity contribution is -0.138. The Morgan fingerprint density at radius 3 is 2.45 bits per heavy atom. The van der Waals surface area contributed by atoms with Gasteiger partial charge in [-0.3, -0.25) is 14.9 Å². The number of carboxylic acid groups (broad SMARTS) is 1. The summed E-state index contributed by atoms with van der Waals surface area (Å²) in [5.41, 5.74) is 4.78. The van der Waals surface area contributed by atoms with Gasteiger partial charge >= 0.3 is 5.97 Å². The van der Waals surface area contributed by atoms with Gasteiger partial charge in [-0.25, -0.2) is 0 Å². The summed E-state index contributed by atoms with van der Waals surface area (Å²) in [6, 6.07) is -0.814. The molecule has 0 aliphatic carbocycles. The fraction of sp³-hybridized carbons (Fsp3) is 0.600. The minimum atomic E-state index is -1.04. The lowest BCUT2D eigenvalue weighted by Gasteiger charge is -2.08. The molecule has 11 heavy (non-hydrogen) atoms. The summed E-state index contributed by atoms with van der Waals surface area (Å²) in [7, 11) is 0. The maximum Gasteiger partial charge on any atom is 0.321 e. The molecule has 0 rings (SSSR count). The zero-order valence-electron chi connectivity index (χ0n) is 5.78. The summed E-state index contributed by atoms with van der Waals surface area (Å²) in [6.07, 6.45) is 0. The third-order valence-corrected chi connectivity index (χ3v) is 1.37. The van der Waals surface area contributed by atoms with Crippen molar-refractivity contribution in [2.24, 2.45) is 5.73 Å². The molecular formula is C5H10N2O3S. The summed E-state index contributed by atoms with van der Waals surface area (Å²) in [4.78, 5) is 20.5. The van der Waals surface area contributed by atoms with Crippen LogP contribution in [0.25, 0.3) is 0 Å². The van der Waals surface area contributed by atoms with Gasteiger partial charge in [0.25, 0.3) is 0 Å². The minimum Gasteiger partial charge on any atom is -0.480 e. The standard InChI is InChI=1S/C5H10N2O3S/c6-4(8)1-7-3(2-11)5(9)10/h3,7,11H,1-2H2,(H2,6,8)(H,9,10)/t3-/m1/s1. The van der Waals surface area contributed by atoms with Gasteiger partial charge in [-0.15, -0.1) is 0 Å². The Morgan fingerprint density at radius 1 is 1.64 bits per heavy atom. The molecule has 5 nitrogen and oxygen atoms in total. The summed E-state index contributed by atoms with van der Waals surface area (Å²) in [6.45, 7) is -0.141. The molecule has 0 aliphatic heterocycles.